The van der Waals surface area contributed by atoms with Crippen molar-refractivity contribution >= 4 is 17.7 Å². The van der Waals surface area contributed by atoms with Crippen molar-refractivity contribution in [1.29, 1.82) is 0 Å². The summed E-state index contributed by atoms with van der Waals surface area (Å²) in [6.45, 7) is 1.88. The summed E-state index contributed by atoms with van der Waals surface area (Å²) in [7, 11) is 0. The second kappa shape index (κ2) is 5.05. The summed E-state index contributed by atoms with van der Waals surface area (Å²) in [6.07, 6.45) is 1.62. The predicted octanol–water partition coefficient (Wildman–Crippen LogP) is 2.37. The summed E-state index contributed by atoms with van der Waals surface area (Å²) in [6, 6.07) is 7.20. The molecule has 0 saturated carbocycles. The minimum Gasteiger partial charge on any atom is -0.440 e. The van der Waals surface area contributed by atoms with Crippen molar-refractivity contribution < 1.29 is 9.21 Å². The number of primary amides is 1. The van der Waals surface area contributed by atoms with Crippen molar-refractivity contribution in [2.45, 2.75) is 17.9 Å². The normalized spacial score (nSPS) is 10.4. The number of hydrogen-bond acceptors (Lipinski definition) is 4. The van der Waals surface area contributed by atoms with E-state index in [1.54, 1.807) is 18.4 Å². The first kappa shape index (κ1) is 11.7. The molecule has 4 nitrogen and oxygen atoms in total. The Kier molecular flexibility index (Phi) is 3.49. The van der Waals surface area contributed by atoms with Crippen LogP contribution >= 0.6 is 11.8 Å². The van der Waals surface area contributed by atoms with Gasteiger partial charge in [-0.1, -0.05) is 23.9 Å². The van der Waals surface area contributed by atoms with E-state index in [1.165, 1.54) is 11.8 Å². The van der Waals surface area contributed by atoms with E-state index < -0.39 is 5.91 Å². The molecule has 0 aliphatic heterocycles. The Morgan fingerprint density at radius 3 is 2.65 bits per heavy atom. The summed E-state index contributed by atoms with van der Waals surface area (Å²) in [5.41, 5.74) is 7.65. The summed E-state index contributed by atoms with van der Waals surface area (Å²) in [4.78, 5) is 15.1. The van der Waals surface area contributed by atoms with Crippen LogP contribution in [0.5, 0.6) is 0 Å². The number of thioether (sulfide) groups is 1. The number of hydrogen-bond donors (Lipinski definition) is 1. The Labute approximate surface area is 103 Å². The largest absolute Gasteiger partial charge is 0.440 e. The van der Waals surface area contributed by atoms with Crippen molar-refractivity contribution in [3.63, 3.8) is 0 Å². The minimum absolute atomic E-state index is 0.410. The van der Waals surface area contributed by atoms with Gasteiger partial charge in [-0.15, -0.1) is 0 Å². The van der Waals surface area contributed by atoms with Gasteiger partial charge in [-0.2, -0.15) is 0 Å². The van der Waals surface area contributed by atoms with Gasteiger partial charge in [0, 0.05) is 11.3 Å². The third kappa shape index (κ3) is 3.10. The molecule has 17 heavy (non-hydrogen) atoms. The highest BCUT2D eigenvalue weighted by molar-refractivity contribution is 7.98. The molecule has 5 heteroatoms. The average molecular weight is 248 g/mol. The van der Waals surface area contributed by atoms with Crippen molar-refractivity contribution in [3.05, 3.63) is 47.3 Å². The highest BCUT2D eigenvalue weighted by atomic mass is 32.2. The van der Waals surface area contributed by atoms with Crippen molar-refractivity contribution in [2.24, 2.45) is 5.73 Å². The van der Waals surface area contributed by atoms with E-state index in [0.29, 0.717) is 10.8 Å². The second-order valence-electron chi connectivity index (χ2n) is 3.60. The number of aromatic nitrogens is 1. The van der Waals surface area contributed by atoms with Crippen molar-refractivity contribution in [2.75, 3.05) is 0 Å². The molecule has 0 bridgehead atoms. The molecule has 88 valence electrons. The molecule has 1 heterocycles. The van der Waals surface area contributed by atoms with Gasteiger partial charge in [0.05, 0.1) is 5.69 Å². The number of benzene rings is 1. The Morgan fingerprint density at radius 2 is 2.12 bits per heavy atom. The zero-order valence-corrected chi connectivity index (χ0v) is 10.2. The highest BCUT2D eigenvalue weighted by Gasteiger charge is 2.03. The van der Waals surface area contributed by atoms with Crippen LogP contribution < -0.4 is 5.73 Å². The van der Waals surface area contributed by atoms with Crippen molar-refractivity contribution in [1.82, 2.24) is 4.98 Å². The summed E-state index contributed by atoms with van der Waals surface area (Å²) in [5, 5.41) is 0.654. The average Bonchev–Trinajstić information content (AvgIpc) is 2.73. The first-order valence-corrected chi connectivity index (χ1v) is 6.07. The van der Waals surface area contributed by atoms with Crippen LogP contribution in [-0.2, 0) is 5.75 Å². The summed E-state index contributed by atoms with van der Waals surface area (Å²) >= 11 is 1.51. The fraction of sp³-hybridized carbons (Fsp3) is 0.167. The Bertz CT molecular complexity index is 520. The lowest BCUT2D eigenvalue weighted by Crippen LogP contribution is -2.10. The molecule has 0 radical (unpaired) electrons. The molecule has 0 aliphatic rings. The van der Waals surface area contributed by atoms with Gasteiger partial charge in [0.1, 0.15) is 6.26 Å². The van der Waals surface area contributed by atoms with Gasteiger partial charge in [-0.05, 0) is 24.6 Å². The predicted molar refractivity (Wildman–Crippen MR) is 65.8 cm³/mol. The van der Waals surface area contributed by atoms with Gasteiger partial charge in [0.25, 0.3) is 5.22 Å². The van der Waals surface area contributed by atoms with E-state index in [4.69, 9.17) is 10.2 Å². The van der Waals surface area contributed by atoms with Crippen LogP contribution in [0.1, 0.15) is 21.6 Å². The monoisotopic (exact) mass is 248 g/mol. The fourth-order valence-corrected chi connectivity index (χ4v) is 2.12. The Balaban J connectivity index is 1.97. The van der Waals surface area contributed by atoms with Crippen LogP contribution in [0, 0.1) is 6.92 Å². The molecule has 2 rings (SSSR count). The van der Waals surface area contributed by atoms with Gasteiger partial charge >= 0.3 is 0 Å². The van der Waals surface area contributed by atoms with Crippen LogP contribution in [0.15, 0.2) is 40.2 Å². The maximum Gasteiger partial charge on any atom is 0.256 e. The van der Waals surface area contributed by atoms with Gasteiger partial charge in [-0.25, -0.2) is 4.98 Å². The third-order valence-electron chi connectivity index (χ3n) is 2.20. The van der Waals surface area contributed by atoms with Crippen LogP contribution in [0.3, 0.4) is 0 Å². The molecule has 0 aliphatic carbocycles. The molecule has 0 saturated heterocycles. The molecule has 0 unspecified atom stereocenters. The van der Waals surface area contributed by atoms with Crippen LogP contribution in [0.4, 0.5) is 0 Å². The van der Waals surface area contributed by atoms with Crippen LogP contribution in [0.25, 0.3) is 0 Å². The van der Waals surface area contributed by atoms with E-state index in [9.17, 15) is 4.79 Å². The standard InChI is InChI=1S/C12H12N2O2S/c1-8-6-16-12(14-8)17-7-9-2-4-10(5-3-9)11(13)15/h2-6H,7H2,1H3,(H2,13,15). The summed E-state index contributed by atoms with van der Waals surface area (Å²) in [5.74, 6) is 0.339. The fourth-order valence-electron chi connectivity index (χ4n) is 1.31. The van der Waals surface area contributed by atoms with Crippen LogP contribution in [0.2, 0.25) is 0 Å². The van der Waals surface area contributed by atoms with E-state index in [1.807, 2.05) is 19.1 Å². The molecule has 2 N–H and O–H groups in total. The first-order valence-electron chi connectivity index (χ1n) is 5.09. The first-order chi connectivity index (χ1) is 8.15. The van der Waals surface area contributed by atoms with Crippen molar-refractivity contribution in [3.8, 4) is 0 Å². The lowest BCUT2D eigenvalue weighted by Gasteiger charge is -1.99. The number of amides is 1. The Hall–Kier alpha value is -1.75. The molecule has 1 aromatic carbocycles. The molecule has 1 aromatic heterocycles. The lowest BCUT2D eigenvalue weighted by molar-refractivity contribution is 0.100. The van der Waals surface area contributed by atoms with Gasteiger partial charge in [0.2, 0.25) is 5.91 Å². The summed E-state index contributed by atoms with van der Waals surface area (Å²) < 4.78 is 5.23. The number of nitrogens with two attached hydrogens (primary N) is 1. The zero-order valence-electron chi connectivity index (χ0n) is 9.34. The lowest BCUT2D eigenvalue weighted by atomic mass is 10.1. The van der Waals surface area contributed by atoms with Crippen LogP contribution in [-0.4, -0.2) is 10.9 Å². The highest BCUT2D eigenvalue weighted by Crippen LogP contribution is 2.21. The Morgan fingerprint density at radius 1 is 1.41 bits per heavy atom. The topological polar surface area (TPSA) is 69.1 Å². The molecule has 0 spiro atoms. The SMILES string of the molecule is Cc1coc(SCc2ccc(C(N)=O)cc2)n1. The van der Waals surface area contributed by atoms with E-state index in [2.05, 4.69) is 4.98 Å². The number of aryl methyl sites for hydroxylation is 1. The smallest absolute Gasteiger partial charge is 0.256 e. The second-order valence-corrected chi connectivity index (χ2v) is 4.53. The molecular weight excluding hydrogens is 236 g/mol. The number of oxazole rings is 1. The van der Waals surface area contributed by atoms with Gasteiger partial charge in [0.15, 0.2) is 0 Å². The molecule has 0 atom stereocenters. The maximum absolute atomic E-state index is 10.9. The number of carbonyl (C=O) groups excluding carboxylic acids is 1. The molecule has 2 aromatic rings. The number of carbonyl (C=O) groups is 1. The minimum atomic E-state index is -0.410. The number of nitrogens with zero attached hydrogens (tertiary/aromatic N) is 1. The van der Waals surface area contributed by atoms with E-state index in [-0.39, 0.29) is 0 Å². The van der Waals surface area contributed by atoms with E-state index >= 15 is 0 Å². The molecule has 0 fully saturated rings. The maximum atomic E-state index is 10.9. The quantitative estimate of drug-likeness (QED) is 0.843. The third-order valence-corrected chi connectivity index (χ3v) is 3.11. The molecular formula is C12H12N2O2S. The van der Waals surface area contributed by atoms with E-state index in [0.717, 1.165) is 17.0 Å². The number of rotatable bonds is 4. The van der Waals surface area contributed by atoms with Gasteiger partial charge in [-0.3, -0.25) is 4.79 Å². The molecule has 1 amide bonds. The van der Waals surface area contributed by atoms with Gasteiger partial charge < -0.3 is 10.2 Å². The zero-order chi connectivity index (χ0) is 12.3.